The average molecular weight is 189 g/mol. The Morgan fingerprint density at radius 1 is 1.75 bits per heavy atom. The van der Waals surface area contributed by atoms with Crippen LogP contribution in [0.25, 0.3) is 0 Å². The van der Waals surface area contributed by atoms with Gasteiger partial charge in [-0.3, -0.25) is 0 Å². The summed E-state index contributed by atoms with van der Waals surface area (Å²) in [6.07, 6.45) is 2.37. The number of nitrogens with two attached hydrogens (primary N) is 1. The molecule has 0 aliphatic heterocycles. The van der Waals surface area contributed by atoms with Crippen LogP contribution in [0.5, 0.6) is 0 Å². The van der Waals surface area contributed by atoms with Crippen LogP contribution in [-0.2, 0) is 9.53 Å². The Bertz CT molecular complexity index is 159. The number of carbonyl (C=O) groups excluding carboxylic acids is 1. The molecule has 0 spiro atoms. The number of thioether (sulfide) groups is 1. The van der Waals surface area contributed by atoms with Crippen molar-refractivity contribution >= 4 is 17.7 Å². The van der Waals surface area contributed by atoms with Crippen LogP contribution in [0.2, 0.25) is 0 Å². The lowest BCUT2D eigenvalue weighted by Crippen LogP contribution is -2.06. The van der Waals surface area contributed by atoms with Crippen LogP contribution < -0.4 is 5.73 Å². The maximum Gasteiger partial charge on any atom is 0.330 e. The minimum absolute atomic E-state index is 0.317. The van der Waals surface area contributed by atoms with Crippen LogP contribution in [0.1, 0.15) is 13.3 Å². The van der Waals surface area contributed by atoms with Gasteiger partial charge in [-0.05, 0) is 18.4 Å². The molecule has 0 saturated heterocycles. The third-order valence-corrected chi connectivity index (χ3v) is 2.28. The first-order chi connectivity index (χ1) is 5.70. The second-order valence-electron chi connectivity index (χ2n) is 2.35. The van der Waals surface area contributed by atoms with Gasteiger partial charge in [0.15, 0.2) is 0 Å². The fourth-order valence-electron chi connectivity index (χ4n) is 0.600. The lowest BCUT2D eigenvalue weighted by Gasteiger charge is -2.04. The van der Waals surface area contributed by atoms with Crippen LogP contribution in [0.4, 0.5) is 0 Å². The van der Waals surface area contributed by atoms with Gasteiger partial charge in [0.25, 0.3) is 0 Å². The first kappa shape index (κ1) is 11.5. The summed E-state index contributed by atoms with van der Waals surface area (Å²) in [5.74, 6) is -0.317. The van der Waals surface area contributed by atoms with Crippen molar-refractivity contribution < 1.29 is 9.53 Å². The molecule has 4 heteroatoms. The second kappa shape index (κ2) is 7.18. The molecule has 0 rings (SSSR count). The van der Waals surface area contributed by atoms with Gasteiger partial charge in [-0.15, -0.1) is 11.8 Å². The molecule has 0 bridgehead atoms. The molecule has 0 radical (unpaired) electrons. The lowest BCUT2D eigenvalue weighted by atomic mass is 10.3. The molecule has 0 saturated carbocycles. The first-order valence-corrected chi connectivity index (χ1v) is 4.75. The minimum Gasteiger partial charge on any atom is -0.466 e. The third-order valence-electron chi connectivity index (χ3n) is 1.29. The average Bonchev–Trinajstić information content (AvgIpc) is 2.04. The molecular weight excluding hydrogens is 174 g/mol. The Morgan fingerprint density at radius 3 is 2.92 bits per heavy atom. The van der Waals surface area contributed by atoms with E-state index in [1.807, 2.05) is 0 Å². The number of ether oxygens (including phenoxy) is 1. The summed E-state index contributed by atoms with van der Waals surface area (Å²) in [7, 11) is 1.36. The van der Waals surface area contributed by atoms with E-state index < -0.39 is 0 Å². The molecule has 0 aromatic rings. The molecule has 0 aliphatic carbocycles. The van der Waals surface area contributed by atoms with Crippen LogP contribution >= 0.6 is 11.8 Å². The van der Waals surface area contributed by atoms with E-state index in [1.54, 1.807) is 17.2 Å². The van der Waals surface area contributed by atoms with E-state index in [1.165, 1.54) is 13.2 Å². The highest BCUT2D eigenvalue weighted by molar-refractivity contribution is 8.02. The Hall–Kier alpha value is -0.480. The van der Waals surface area contributed by atoms with Crippen LogP contribution in [0, 0.1) is 0 Å². The smallest absolute Gasteiger partial charge is 0.330 e. The van der Waals surface area contributed by atoms with Gasteiger partial charge < -0.3 is 10.5 Å². The predicted octanol–water partition coefficient (Wildman–Crippen LogP) is 1.14. The molecule has 0 aliphatic rings. The molecule has 1 atom stereocenters. The normalized spacial score (nSPS) is 13.2. The zero-order chi connectivity index (χ0) is 9.40. The molecule has 0 fully saturated rings. The van der Waals surface area contributed by atoms with Gasteiger partial charge in [0.05, 0.1) is 7.11 Å². The van der Waals surface area contributed by atoms with E-state index in [0.29, 0.717) is 11.8 Å². The summed E-state index contributed by atoms with van der Waals surface area (Å²) >= 11 is 1.58. The van der Waals surface area contributed by atoms with Gasteiger partial charge in [0.1, 0.15) is 0 Å². The molecule has 12 heavy (non-hydrogen) atoms. The van der Waals surface area contributed by atoms with Crippen molar-refractivity contribution in [2.45, 2.75) is 18.6 Å². The summed E-state index contributed by atoms with van der Waals surface area (Å²) in [6, 6.07) is 0. The molecule has 0 aromatic carbocycles. The van der Waals surface area contributed by atoms with Gasteiger partial charge in [0.2, 0.25) is 0 Å². The number of carbonyl (C=O) groups is 1. The van der Waals surface area contributed by atoms with Gasteiger partial charge in [-0.25, -0.2) is 4.79 Å². The minimum atomic E-state index is -0.317. The zero-order valence-electron chi connectivity index (χ0n) is 7.45. The monoisotopic (exact) mass is 189 g/mol. The number of esters is 1. The van der Waals surface area contributed by atoms with Crippen LogP contribution in [-0.4, -0.2) is 24.9 Å². The van der Waals surface area contributed by atoms with Crippen molar-refractivity contribution in [2.75, 3.05) is 13.7 Å². The topological polar surface area (TPSA) is 52.3 Å². The molecule has 2 N–H and O–H groups in total. The summed E-state index contributed by atoms with van der Waals surface area (Å²) < 4.78 is 4.43. The zero-order valence-corrected chi connectivity index (χ0v) is 8.26. The molecular formula is C8H15NO2S. The number of rotatable bonds is 5. The van der Waals surface area contributed by atoms with Crippen molar-refractivity contribution in [3.63, 3.8) is 0 Å². The molecule has 0 aromatic heterocycles. The highest BCUT2D eigenvalue weighted by atomic mass is 32.2. The maximum atomic E-state index is 10.6. The van der Waals surface area contributed by atoms with Gasteiger partial charge in [-0.2, -0.15) is 0 Å². The lowest BCUT2D eigenvalue weighted by molar-refractivity contribution is -0.134. The maximum absolute atomic E-state index is 10.6. The number of hydrogen-bond acceptors (Lipinski definition) is 4. The SMILES string of the molecule is COC(=O)C=CSC(C)CCN. The summed E-state index contributed by atoms with van der Waals surface area (Å²) in [5.41, 5.74) is 5.36. The van der Waals surface area contributed by atoms with E-state index in [9.17, 15) is 4.79 Å². The van der Waals surface area contributed by atoms with E-state index >= 15 is 0 Å². The molecule has 70 valence electrons. The van der Waals surface area contributed by atoms with Crippen LogP contribution in [0.15, 0.2) is 11.5 Å². The second-order valence-corrected chi connectivity index (χ2v) is 3.70. The molecule has 0 amide bonds. The summed E-state index contributed by atoms with van der Waals surface area (Å²) in [6.45, 7) is 2.75. The standard InChI is InChI=1S/C8H15NO2S/c1-7(3-5-9)12-6-4-8(10)11-2/h4,6-7H,3,5,9H2,1-2H3. The Labute approximate surface area is 77.3 Å². The molecule has 3 nitrogen and oxygen atoms in total. The largest absolute Gasteiger partial charge is 0.466 e. The Kier molecular flexibility index (Phi) is 6.90. The predicted molar refractivity (Wildman–Crippen MR) is 51.9 cm³/mol. The van der Waals surface area contributed by atoms with E-state index in [4.69, 9.17) is 5.73 Å². The van der Waals surface area contributed by atoms with Gasteiger partial charge >= 0.3 is 5.97 Å². The quantitative estimate of drug-likeness (QED) is 0.520. The third kappa shape index (κ3) is 6.24. The first-order valence-electron chi connectivity index (χ1n) is 3.80. The fraction of sp³-hybridized carbons (Fsp3) is 0.625. The van der Waals surface area contributed by atoms with Crippen molar-refractivity contribution in [1.82, 2.24) is 0 Å². The number of methoxy groups -OCH3 is 1. The Morgan fingerprint density at radius 2 is 2.42 bits per heavy atom. The number of hydrogen-bond donors (Lipinski definition) is 1. The summed E-state index contributed by atoms with van der Waals surface area (Å²) in [5, 5.41) is 2.20. The summed E-state index contributed by atoms with van der Waals surface area (Å²) in [4.78, 5) is 10.6. The highest BCUT2D eigenvalue weighted by Gasteiger charge is 1.98. The van der Waals surface area contributed by atoms with Crippen molar-refractivity contribution in [2.24, 2.45) is 5.73 Å². The van der Waals surface area contributed by atoms with Crippen molar-refractivity contribution in [3.05, 3.63) is 11.5 Å². The van der Waals surface area contributed by atoms with E-state index in [-0.39, 0.29) is 5.97 Å². The molecule has 1 unspecified atom stereocenters. The van der Waals surface area contributed by atoms with Gasteiger partial charge in [0, 0.05) is 11.3 Å². The van der Waals surface area contributed by atoms with Gasteiger partial charge in [-0.1, -0.05) is 6.92 Å². The van der Waals surface area contributed by atoms with E-state index in [2.05, 4.69) is 11.7 Å². The fourth-order valence-corrected chi connectivity index (χ4v) is 1.33. The molecule has 0 heterocycles. The van der Waals surface area contributed by atoms with Crippen molar-refractivity contribution in [3.8, 4) is 0 Å². The van der Waals surface area contributed by atoms with E-state index in [0.717, 1.165) is 6.42 Å². The Balaban J connectivity index is 3.52. The van der Waals surface area contributed by atoms with Crippen molar-refractivity contribution in [1.29, 1.82) is 0 Å². The highest BCUT2D eigenvalue weighted by Crippen LogP contribution is 2.14. The van der Waals surface area contributed by atoms with Crippen LogP contribution in [0.3, 0.4) is 0 Å².